The van der Waals surface area contributed by atoms with Crippen molar-refractivity contribution in [1.29, 1.82) is 0 Å². The van der Waals surface area contributed by atoms with Crippen molar-refractivity contribution in [3.8, 4) is 17.2 Å². The molecule has 1 aromatic heterocycles. The fourth-order valence-corrected chi connectivity index (χ4v) is 2.91. The first-order chi connectivity index (χ1) is 15.4. The normalized spacial score (nSPS) is 10.7. The van der Waals surface area contributed by atoms with Gasteiger partial charge >= 0.3 is 0 Å². The van der Waals surface area contributed by atoms with Crippen molar-refractivity contribution in [3.05, 3.63) is 71.5 Å². The summed E-state index contributed by atoms with van der Waals surface area (Å²) in [5.74, 6) is 0.662. The second kappa shape index (κ2) is 10.5. The van der Waals surface area contributed by atoms with Gasteiger partial charge in [0.15, 0.2) is 11.5 Å². The standard InChI is InChI=1S/C24H28N4O4/c1-16(2)11-12-32-21-10-7-19(13-22(21)31-4)24(30)27-26-23(29)18-5-8-20(9-6-18)28-15-17(3)14-25-28/h5-10,13-16H,11-12H2,1-4H3,(H,26,29)(H,27,30). The van der Waals surface area contributed by atoms with Gasteiger partial charge < -0.3 is 9.47 Å². The van der Waals surface area contributed by atoms with Crippen LogP contribution in [0.5, 0.6) is 11.5 Å². The highest BCUT2D eigenvalue weighted by molar-refractivity contribution is 5.99. The third-order valence-electron chi connectivity index (χ3n) is 4.77. The second-order valence-electron chi connectivity index (χ2n) is 7.81. The van der Waals surface area contributed by atoms with Gasteiger partial charge in [0.1, 0.15) is 0 Å². The molecule has 8 nitrogen and oxygen atoms in total. The van der Waals surface area contributed by atoms with E-state index >= 15 is 0 Å². The zero-order valence-electron chi connectivity index (χ0n) is 18.7. The first-order valence-corrected chi connectivity index (χ1v) is 10.4. The van der Waals surface area contributed by atoms with Crippen molar-refractivity contribution in [2.45, 2.75) is 27.2 Å². The number of nitrogens with zero attached hydrogens (tertiary/aromatic N) is 2. The van der Waals surface area contributed by atoms with Crippen molar-refractivity contribution in [3.63, 3.8) is 0 Å². The van der Waals surface area contributed by atoms with E-state index in [0.29, 0.717) is 35.2 Å². The highest BCUT2D eigenvalue weighted by Crippen LogP contribution is 2.28. The molecular weight excluding hydrogens is 408 g/mol. The average Bonchev–Trinajstić information content (AvgIpc) is 3.23. The number of methoxy groups -OCH3 is 1. The van der Waals surface area contributed by atoms with Crippen molar-refractivity contribution < 1.29 is 19.1 Å². The van der Waals surface area contributed by atoms with Gasteiger partial charge in [-0.1, -0.05) is 13.8 Å². The van der Waals surface area contributed by atoms with E-state index in [-0.39, 0.29) is 0 Å². The van der Waals surface area contributed by atoms with Crippen LogP contribution >= 0.6 is 0 Å². The number of benzene rings is 2. The minimum absolute atomic E-state index is 0.336. The van der Waals surface area contributed by atoms with Gasteiger partial charge in [-0.3, -0.25) is 20.4 Å². The van der Waals surface area contributed by atoms with Gasteiger partial charge in [0.25, 0.3) is 11.8 Å². The molecule has 0 radical (unpaired) electrons. The molecule has 168 valence electrons. The molecule has 1 heterocycles. The molecule has 3 rings (SSSR count). The van der Waals surface area contributed by atoms with Crippen molar-refractivity contribution in [2.75, 3.05) is 13.7 Å². The quantitative estimate of drug-likeness (QED) is 0.525. The molecule has 0 atom stereocenters. The summed E-state index contributed by atoms with van der Waals surface area (Å²) in [6.45, 7) is 6.76. The number of hydrogen-bond acceptors (Lipinski definition) is 5. The van der Waals surface area contributed by atoms with E-state index in [1.807, 2.05) is 13.1 Å². The molecule has 32 heavy (non-hydrogen) atoms. The van der Waals surface area contributed by atoms with Crippen molar-refractivity contribution in [2.24, 2.45) is 5.92 Å². The lowest BCUT2D eigenvalue weighted by Gasteiger charge is -2.13. The predicted octanol–water partition coefficient (Wildman–Crippen LogP) is 3.69. The van der Waals surface area contributed by atoms with Crippen LogP contribution < -0.4 is 20.3 Å². The summed E-state index contributed by atoms with van der Waals surface area (Å²) in [7, 11) is 1.52. The number of carbonyl (C=O) groups is 2. The molecule has 0 bridgehead atoms. The van der Waals surface area contributed by atoms with Gasteiger partial charge in [-0.25, -0.2) is 4.68 Å². The number of aromatic nitrogens is 2. The number of ether oxygens (including phenoxy) is 2. The summed E-state index contributed by atoms with van der Waals surface area (Å²) in [6, 6.07) is 11.8. The van der Waals surface area contributed by atoms with E-state index in [9.17, 15) is 9.59 Å². The second-order valence-corrected chi connectivity index (χ2v) is 7.81. The molecule has 0 saturated heterocycles. The lowest BCUT2D eigenvalue weighted by molar-refractivity contribution is 0.0846. The van der Waals surface area contributed by atoms with Crippen molar-refractivity contribution >= 4 is 11.8 Å². The zero-order valence-corrected chi connectivity index (χ0v) is 18.7. The molecule has 0 fully saturated rings. The number of nitrogens with one attached hydrogen (secondary N) is 2. The van der Waals surface area contributed by atoms with E-state index in [1.165, 1.54) is 7.11 Å². The summed E-state index contributed by atoms with van der Waals surface area (Å²) in [5, 5.41) is 4.24. The minimum Gasteiger partial charge on any atom is -0.493 e. The molecule has 0 aliphatic heterocycles. The first-order valence-electron chi connectivity index (χ1n) is 10.4. The lowest BCUT2D eigenvalue weighted by atomic mass is 10.1. The Morgan fingerprint density at radius 1 is 1.00 bits per heavy atom. The molecule has 2 aromatic carbocycles. The van der Waals surface area contributed by atoms with Crippen LogP contribution in [0.1, 0.15) is 46.5 Å². The number of amides is 2. The van der Waals surface area contributed by atoms with Gasteiger partial charge in [0.2, 0.25) is 0 Å². The lowest BCUT2D eigenvalue weighted by Crippen LogP contribution is -2.41. The maximum atomic E-state index is 12.5. The molecule has 0 aliphatic carbocycles. The smallest absolute Gasteiger partial charge is 0.269 e. The summed E-state index contributed by atoms with van der Waals surface area (Å²) in [4.78, 5) is 24.9. The van der Waals surface area contributed by atoms with Gasteiger partial charge in [0, 0.05) is 17.3 Å². The molecule has 0 unspecified atom stereocenters. The van der Waals surface area contributed by atoms with Crippen LogP contribution in [0.2, 0.25) is 0 Å². The van der Waals surface area contributed by atoms with E-state index in [1.54, 1.807) is 53.3 Å². The number of rotatable bonds is 8. The van der Waals surface area contributed by atoms with Crippen LogP contribution in [0.4, 0.5) is 0 Å². The Kier molecular flexibility index (Phi) is 7.49. The summed E-state index contributed by atoms with van der Waals surface area (Å²) in [6.07, 6.45) is 4.57. The largest absolute Gasteiger partial charge is 0.493 e. The van der Waals surface area contributed by atoms with Gasteiger partial charge in [-0.05, 0) is 67.3 Å². The van der Waals surface area contributed by atoms with E-state index < -0.39 is 11.8 Å². The van der Waals surface area contributed by atoms with Crippen LogP contribution in [-0.2, 0) is 0 Å². The van der Waals surface area contributed by atoms with Crippen LogP contribution in [0, 0.1) is 12.8 Å². The maximum Gasteiger partial charge on any atom is 0.269 e. The molecule has 2 N–H and O–H groups in total. The molecule has 0 spiro atoms. The summed E-state index contributed by atoms with van der Waals surface area (Å²) in [5.41, 5.74) is 7.47. The Labute approximate surface area is 187 Å². The van der Waals surface area contributed by atoms with E-state index in [0.717, 1.165) is 17.7 Å². The van der Waals surface area contributed by atoms with Gasteiger partial charge in [0.05, 0.1) is 25.6 Å². The zero-order chi connectivity index (χ0) is 23.1. The Hall–Kier alpha value is -3.81. The highest BCUT2D eigenvalue weighted by Gasteiger charge is 2.13. The summed E-state index contributed by atoms with van der Waals surface area (Å²) < 4.78 is 12.8. The number of hydrogen-bond donors (Lipinski definition) is 2. The van der Waals surface area contributed by atoms with Crippen LogP contribution in [0.15, 0.2) is 54.9 Å². The first kappa shape index (κ1) is 22.9. The fraction of sp³-hybridized carbons (Fsp3) is 0.292. The van der Waals surface area contributed by atoms with Crippen LogP contribution in [0.3, 0.4) is 0 Å². The molecular formula is C24H28N4O4. The number of carbonyl (C=O) groups excluding carboxylic acids is 2. The van der Waals surface area contributed by atoms with E-state index in [2.05, 4.69) is 29.8 Å². The molecule has 3 aromatic rings. The predicted molar refractivity (Wildman–Crippen MR) is 121 cm³/mol. The Bertz CT molecular complexity index is 1070. The Morgan fingerprint density at radius 3 is 2.25 bits per heavy atom. The van der Waals surface area contributed by atoms with Crippen molar-refractivity contribution in [1.82, 2.24) is 20.6 Å². The molecule has 0 saturated carbocycles. The number of hydrazine groups is 1. The topological polar surface area (TPSA) is 94.5 Å². The Morgan fingerprint density at radius 2 is 1.66 bits per heavy atom. The van der Waals surface area contributed by atoms with Gasteiger partial charge in [-0.2, -0.15) is 5.10 Å². The highest BCUT2D eigenvalue weighted by atomic mass is 16.5. The summed E-state index contributed by atoms with van der Waals surface area (Å²) >= 11 is 0. The van der Waals surface area contributed by atoms with Gasteiger partial charge in [-0.15, -0.1) is 0 Å². The third-order valence-corrected chi connectivity index (χ3v) is 4.77. The Balaban J connectivity index is 1.58. The molecule has 8 heteroatoms. The van der Waals surface area contributed by atoms with Crippen LogP contribution in [0.25, 0.3) is 5.69 Å². The SMILES string of the molecule is COc1cc(C(=O)NNC(=O)c2ccc(-n3cc(C)cn3)cc2)ccc1OCCC(C)C. The monoisotopic (exact) mass is 436 g/mol. The average molecular weight is 437 g/mol. The van der Waals surface area contributed by atoms with E-state index in [4.69, 9.17) is 9.47 Å². The molecule has 0 aliphatic rings. The third kappa shape index (κ3) is 5.87. The molecule has 2 amide bonds. The van der Waals surface area contributed by atoms with Crippen LogP contribution in [-0.4, -0.2) is 35.3 Å². The fourth-order valence-electron chi connectivity index (χ4n) is 2.91. The minimum atomic E-state index is -0.464. The number of aryl methyl sites for hydroxylation is 1. The maximum absolute atomic E-state index is 12.5.